The number of hydrogen-bond acceptors (Lipinski definition) is 6. The van der Waals surface area contributed by atoms with Crippen molar-refractivity contribution >= 4 is 32.7 Å². The van der Waals surface area contributed by atoms with Crippen molar-refractivity contribution < 1.29 is 8.42 Å². The summed E-state index contributed by atoms with van der Waals surface area (Å²) in [6.07, 6.45) is 0. The van der Waals surface area contributed by atoms with Crippen LogP contribution < -0.4 is 15.9 Å². The molecule has 0 fully saturated rings. The number of anilines is 2. The first kappa shape index (κ1) is 15.5. The predicted molar refractivity (Wildman–Crippen MR) is 84.0 cm³/mol. The van der Waals surface area contributed by atoms with Crippen LogP contribution in [0.2, 0.25) is 0 Å². The summed E-state index contributed by atoms with van der Waals surface area (Å²) in [7, 11) is -0.579. The molecule has 7 nitrogen and oxygen atoms in total. The monoisotopic (exact) mass is 328 g/mol. The molecule has 1 aromatic carbocycles. The number of aromatic nitrogens is 1. The average molecular weight is 328 g/mol. The van der Waals surface area contributed by atoms with Gasteiger partial charge in [-0.3, -0.25) is 4.79 Å². The third-order valence-electron chi connectivity index (χ3n) is 2.84. The molecule has 0 amide bonds. The van der Waals surface area contributed by atoms with Crippen LogP contribution in [0.1, 0.15) is 5.69 Å². The molecule has 2 aromatic rings. The first-order valence-electron chi connectivity index (χ1n) is 6.03. The molecule has 114 valence electrons. The van der Waals surface area contributed by atoms with Crippen molar-refractivity contribution in [1.29, 1.82) is 0 Å². The number of sulfonamides is 1. The molecule has 0 saturated carbocycles. The zero-order valence-corrected chi connectivity index (χ0v) is 13.2. The average Bonchev–Trinajstić information content (AvgIpc) is 2.83. The van der Waals surface area contributed by atoms with Gasteiger partial charge >= 0.3 is 4.87 Å². The summed E-state index contributed by atoms with van der Waals surface area (Å²) in [6.45, 7) is 0.356. The van der Waals surface area contributed by atoms with Crippen LogP contribution in [0.3, 0.4) is 0 Å². The first-order chi connectivity index (χ1) is 9.80. The van der Waals surface area contributed by atoms with Crippen LogP contribution in [-0.4, -0.2) is 31.8 Å². The van der Waals surface area contributed by atoms with Crippen molar-refractivity contribution in [1.82, 2.24) is 9.29 Å². The molecule has 1 heterocycles. The second kappa shape index (κ2) is 5.88. The van der Waals surface area contributed by atoms with E-state index < -0.39 is 10.0 Å². The van der Waals surface area contributed by atoms with Crippen molar-refractivity contribution in [3.63, 3.8) is 0 Å². The van der Waals surface area contributed by atoms with E-state index in [9.17, 15) is 13.2 Å². The van der Waals surface area contributed by atoms with Gasteiger partial charge in [0.15, 0.2) is 0 Å². The van der Waals surface area contributed by atoms with Crippen molar-refractivity contribution in [2.75, 3.05) is 25.1 Å². The predicted octanol–water partition coefficient (Wildman–Crippen LogP) is 0.881. The van der Waals surface area contributed by atoms with Gasteiger partial charge in [0.05, 0.1) is 22.8 Å². The molecule has 0 aliphatic rings. The fourth-order valence-electron chi connectivity index (χ4n) is 1.65. The lowest BCUT2D eigenvalue weighted by atomic mass is 10.2. The van der Waals surface area contributed by atoms with E-state index in [0.29, 0.717) is 23.6 Å². The van der Waals surface area contributed by atoms with Gasteiger partial charge in [0.25, 0.3) is 0 Å². The van der Waals surface area contributed by atoms with Gasteiger partial charge in [-0.15, -0.1) is 0 Å². The molecule has 0 spiro atoms. The maximum absolute atomic E-state index is 12.1. The molecular formula is C12H16N4O3S2. The molecule has 2 rings (SSSR count). The third-order valence-corrected chi connectivity index (χ3v) is 5.37. The molecule has 0 radical (unpaired) electrons. The smallest absolute Gasteiger partial charge is 0.304 e. The highest BCUT2D eigenvalue weighted by molar-refractivity contribution is 7.89. The van der Waals surface area contributed by atoms with Gasteiger partial charge in [0.1, 0.15) is 0 Å². The molecule has 0 aliphatic heterocycles. The zero-order chi connectivity index (χ0) is 15.6. The minimum absolute atomic E-state index is 0.135. The maximum atomic E-state index is 12.1. The van der Waals surface area contributed by atoms with Crippen LogP contribution in [0.4, 0.5) is 11.4 Å². The highest BCUT2D eigenvalue weighted by Gasteiger charge is 2.18. The van der Waals surface area contributed by atoms with E-state index in [1.54, 1.807) is 5.38 Å². The van der Waals surface area contributed by atoms with E-state index in [1.165, 1.54) is 32.3 Å². The van der Waals surface area contributed by atoms with Gasteiger partial charge in [0.2, 0.25) is 10.0 Å². The Morgan fingerprint density at radius 2 is 2.10 bits per heavy atom. The lowest BCUT2D eigenvalue weighted by molar-refractivity contribution is 0.521. The molecule has 0 saturated heterocycles. The van der Waals surface area contributed by atoms with Crippen molar-refractivity contribution in [2.24, 2.45) is 0 Å². The normalized spacial score (nSPS) is 11.8. The highest BCUT2D eigenvalue weighted by Crippen LogP contribution is 2.24. The summed E-state index contributed by atoms with van der Waals surface area (Å²) in [5.41, 5.74) is 7.49. The Bertz CT molecular complexity index is 793. The summed E-state index contributed by atoms with van der Waals surface area (Å²) in [5, 5.41) is 4.72. The largest absolute Gasteiger partial charge is 0.397 e. The molecule has 1 aromatic heterocycles. The SMILES string of the molecule is CN(C)S(=O)(=O)c1ccc(N)c(NCc2csc(=O)[nH]2)c1. The number of nitrogens with one attached hydrogen (secondary N) is 2. The van der Waals surface area contributed by atoms with E-state index in [-0.39, 0.29) is 9.77 Å². The number of rotatable bonds is 5. The molecular weight excluding hydrogens is 312 g/mol. The van der Waals surface area contributed by atoms with Gasteiger partial charge in [-0.05, 0) is 18.2 Å². The fraction of sp³-hybridized carbons (Fsp3) is 0.250. The standard InChI is InChI=1S/C12H16N4O3S2/c1-16(2)21(18,19)9-3-4-10(13)11(5-9)14-6-8-7-20-12(17)15-8/h3-5,7,14H,6,13H2,1-2H3,(H,15,17). The highest BCUT2D eigenvalue weighted by atomic mass is 32.2. The quantitative estimate of drug-likeness (QED) is 0.706. The topological polar surface area (TPSA) is 108 Å². The minimum atomic E-state index is -3.51. The summed E-state index contributed by atoms with van der Waals surface area (Å²) >= 11 is 1.07. The van der Waals surface area contributed by atoms with Crippen LogP contribution in [0.15, 0.2) is 33.3 Å². The van der Waals surface area contributed by atoms with E-state index in [2.05, 4.69) is 10.3 Å². The van der Waals surface area contributed by atoms with Crippen molar-refractivity contribution in [3.8, 4) is 0 Å². The number of nitrogens with zero attached hydrogens (tertiary/aromatic N) is 1. The zero-order valence-electron chi connectivity index (χ0n) is 11.6. The summed E-state index contributed by atoms with van der Waals surface area (Å²) in [4.78, 5) is 13.7. The van der Waals surface area contributed by atoms with Gasteiger partial charge in [-0.25, -0.2) is 12.7 Å². The van der Waals surface area contributed by atoms with E-state index >= 15 is 0 Å². The van der Waals surface area contributed by atoms with Crippen LogP contribution in [0.5, 0.6) is 0 Å². The van der Waals surface area contributed by atoms with E-state index in [0.717, 1.165) is 15.6 Å². The van der Waals surface area contributed by atoms with Crippen LogP contribution in [0.25, 0.3) is 0 Å². The van der Waals surface area contributed by atoms with Gasteiger partial charge in [0, 0.05) is 25.2 Å². The number of H-pyrrole nitrogens is 1. The van der Waals surface area contributed by atoms with Gasteiger partial charge in [-0.2, -0.15) is 0 Å². The lowest BCUT2D eigenvalue weighted by Gasteiger charge is -2.14. The number of thiazole rings is 1. The molecule has 4 N–H and O–H groups in total. The molecule has 0 atom stereocenters. The van der Waals surface area contributed by atoms with E-state index in [1.807, 2.05) is 0 Å². The van der Waals surface area contributed by atoms with Crippen LogP contribution in [0, 0.1) is 0 Å². The fourth-order valence-corrected chi connectivity index (χ4v) is 3.16. The van der Waals surface area contributed by atoms with E-state index in [4.69, 9.17) is 5.73 Å². The molecule has 0 aliphatic carbocycles. The first-order valence-corrected chi connectivity index (χ1v) is 8.35. The Labute approximate surface area is 126 Å². The molecule has 0 unspecified atom stereocenters. The summed E-state index contributed by atoms with van der Waals surface area (Å²) in [6, 6.07) is 4.48. The summed E-state index contributed by atoms with van der Waals surface area (Å²) < 4.78 is 25.3. The van der Waals surface area contributed by atoms with Crippen molar-refractivity contribution in [3.05, 3.63) is 38.9 Å². The Morgan fingerprint density at radius 3 is 2.67 bits per heavy atom. The Kier molecular flexibility index (Phi) is 4.35. The number of nitrogen functional groups attached to an aromatic ring is 1. The number of nitrogens with two attached hydrogens (primary N) is 1. The van der Waals surface area contributed by atoms with Gasteiger partial charge in [-0.1, -0.05) is 11.3 Å². The Balaban J connectivity index is 2.25. The minimum Gasteiger partial charge on any atom is -0.397 e. The van der Waals surface area contributed by atoms with Crippen LogP contribution >= 0.6 is 11.3 Å². The molecule has 21 heavy (non-hydrogen) atoms. The van der Waals surface area contributed by atoms with Gasteiger partial charge < -0.3 is 16.0 Å². The number of hydrogen-bond donors (Lipinski definition) is 3. The van der Waals surface area contributed by atoms with Crippen molar-refractivity contribution in [2.45, 2.75) is 11.4 Å². The van der Waals surface area contributed by atoms with Crippen LogP contribution in [-0.2, 0) is 16.6 Å². The number of benzene rings is 1. The maximum Gasteiger partial charge on any atom is 0.304 e. The second-order valence-corrected chi connectivity index (χ2v) is 7.56. The summed E-state index contributed by atoms with van der Waals surface area (Å²) in [5.74, 6) is 0. The molecule has 9 heteroatoms. The Morgan fingerprint density at radius 1 is 1.38 bits per heavy atom. The third kappa shape index (κ3) is 3.43. The lowest BCUT2D eigenvalue weighted by Crippen LogP contribution is -2.22. The number of aromatic amines is 1. The Hall–Kier alpha value is -1.84. The second-order valence-electron chi connectivity index (χ2n) is 4.56. The molecule has 0 bridgehead atoms.